The van der Waals surface area contributed by atoms with Crippen molar-refractivity contribution in [1.82, 2.24) is 15.1 Å². The molecule has 0 aliphatic heterocycles. The Hall–Kier alpha value is -1.81. The van der Waals surface area contributed by atoms with Crippen LogP contribution in [0.25, 0.3) is 0 Å². The molecule has 1 heterocycles. The molecule has 0 spiro atoms. The molecule has 4 nitrogen and oxygen atoms in total. The van der Waals surface area contributed by atoms with Crippen molar-refractivity contribution in [2.24, 2.45) is 7.05 Å². The number of ether oxygens (including phenoxy) is 1. The van der Waals surface area contributed by atoms with E-state index in [-0.39, 0.29) is 5.54 Å². The molecule has 20 heavy (non-hydrogen) atoms. The second-order valence-electron chi connectivity index (χ2n) is 6.14. The van der Waals surface area contributed by atoms with Gasteiger partial charge in [-0.1, -0.05) is 6.07 Å². The number of aromatic nitrogens is 2. The predicted molar refractivity (Wildman–Crippen MR) is 81.1 cm³/mol. The summed E-state index contributed by atoms with van der Waals surface area (Å²) in [4.78, 5) is 0. The number of aryl methyl sites for hydroxylation is 2. The van der Waals surface area contributed by atoms with E-state index < -0.39 is 0 Å². The van der Waals surface area contributed by atoms with Gasteiger partial charge in [0.25, 0.3) is 0 Å². The molecule has 2 rings (SSSR count). The van der Waals surface area contributed by atoms with Gasteiger partial charge in [0.2, 0.25) is 0 Å². The maximum atomic E-state index is 5.78. The summed E-state index contributed by atoms with van der Waals surface area (Å²) < 4.78 is 7.50. The first-order valence-corrected chi connectivity index (χ1v) is 6.84. The molecular weight excluding hydrogens is 250 g/mol. The van der Waals surface area contributed by atoms with Gasteiger partial charge in [0, 0.05) is 19.1 Å². The molecule has 0 radical (unpaired) electrons. The van der Waals surface area contributed by atoms with Crippen molar-refractivity contribution < 1.29 is 4.74 Å². The third-order valence-corrected chi connectivity index (χ3v) is 3.04. The molecule has 0 aliphatic rings. The fourth-order valence-electron chi connectivity index (χ4n) is 1.88. The van der Waals surface area contributed by atoms with Crippen LogP contribution in [0.2, 0.25) is 0 Å². The van der Waals surface area contributed by atoms with Gasteiger partial charge < -0.3 is 10.1 Å². The molecule has 1 aromatic carbocycles. The minimum atomic E-state index is 0.122. The Morgan fingerprint density at radius 3 is 2.55 bits per heavy atom. The highest BCUT2D eigenvalue weighted by atomic mass is 16.5. The van der Waals surface area contributed by atoms with Gasteiger partial charge in [0.1, 0.15) is 5.75 Å². The molecule has 0 saturated carbocycles. The number of rotatable bonds is 4. The summed E-state index contributed by atoms with van der Waals surface area (Å²) in [6.07, 6.45) is 3.56. The van der Waals surface area contributed by atoms with E-state index in [0.29, 0.717) is 0 Å². The zero-order chi connectivity index (χ0) is 14.8. The Balaban J connectivity index is 2.05. The Kier molecular flexibility index (Phi) is 4.14. The summed E-state index contributed by atoms with van der Waals surface area (Å²) in [5, 5.41) is 7.59. The van der Waals surface area contributed by atoms with E-state index in [1.807, 2.05) is 19.3 Å². The van der Waals surface area contributed by atoms with Gasteiger partial charge in [-0.15, -0.1) is 0 Å². The highest BCUT2D eigenvalue weighted by molar-refractivity contribution is 5.37. The SMILES string of the molecule is Cc1cc(Oc2cnn(C)c2)ccc1CNC(C)(C)C. The normalized spacial score (nSPS) is 11.7. The fourth-order valence-corrected chi connectivity index (χ4v) is 1.88. The number of benzene rings is 1. The minimum Gasteiger partial charge on any atom is -0.454 e. The van der Waals surface area contributed by atoms with Crippen molar-refractivity contribution in [3.05, 3.63) is 41.7 Å². The van der Waals surface area contributed by atoms with Crippen molar-refractivity contribution >= 4 is 0 Å². The molecule has 0 aliphatic carbocycles. The number of hydrogen-bond donors (Lipinski definition) is 1. The first kappa shape index (κ1) is 14.6. The Morgan fingerprint density at radius 1 is 1.25 bits per heavy atom. The van der Waals surface area contributed by atoms with Crippen LogP contribution >= 0.6 is 0 Å². The van der Waals surface area contributed by atoms with Crippen LogP contribution in [0, 0.1) is 6.92 Å². The Labute approximate surface area is 120 Å². The minimum absolute atomic E-state index is 0.122. The van der Waals surface area contributed by atoms with Crippen LogP contribution < -0.4 is 10.1 Å². The average molecular weight is 273 g/mol. The van der Waals surface area contributed by atoms with Gasteiger partial charge in [-0.05, 0) is 51.0 Å². The molecule has 0 amide bonds. The summed E-state index contributed by atoms with van der Waals surface area (Å²) in [6.45, 7) is 9.48. The highest BCUT2D eigenvalue weighted by Gasteiger charge is 2.10. The maximum absolute atomic E-state index is 5.78. The average Bonchev–Trinajstić information content (AvgIpc) is 2.72. The van der Waals surface area contributed by atoms with E-state index in [9.17, 15) is 0 Å². The molecular formula is C16H23N3O. The van der Waals surface area contributed by atoms with Crippen molar-refractivity contribution in [3.63, 3.8) is 0 Å². The molecule has 0 bridgehead atoms. The van der Waals surface area contributed by atoms with Crippen LogP contribution in [0.3, 0.4) is 0 Å². The van der Waals surface area contributed by atoms with E-state index in [1.165, 1.54) is 11.1 Å². The standard InChI is InChI=1S/C16H23N3O/c1-12-8-14(20-15-10-18-19(5)11-15)7-6-13(12)9-17-16(2,3)4/h6-8,10-11,17H,9H2,1-5H3. The molecule has 108 valence electrons. The van der Waals surface area contributed by atoms with Crippen molar-refractivity contribution in [2.75, 3.05) is 0 Å². The van der Waals surface area contributed by atoms with Gasteiger partial charge in [0.15, 0.2) is 5.75 Å². The van der Waals surface area contributed by atoms with Crippen LogP contribution in [-0.4, -0.2) is 15.3 Å². The van der Waals surface area contributed by atoms with E-state index >= 15 is 0 Å². The zero-order valence-electron chi connectivity index (χ0n) is 12.9. The molecule has 0 fully saturated rings. The van der Waals surface area contributed by atoms with Crippen LogP contribution in [-0.2, 0) is 13.6 Å². The lowest BCUT2D eigenvalue weighted by Gasteiger charge is -2.21. The van der Waals surface area contributed by atoms with Gasteiger partial charge in [0.05, 0.1) is 12.4 Å². The summed E-state index contributed by atoms with van der Waals surface area (Å²) >= 11 is 0. The van der Waals surface area contributed by atoms with Crippen LogP contribution in [0.5, 0.6) is 11.5 Å². The van der Waals surface area contributed by atoms with Gasteiger partial charge in [-0.25, -0.2) is 0 Å². The second kappa shape index (κ2) is 5.67. The van der Waals surface area contributed by atoms with Gasteiger partial charge in [-0.2, -0.15) is 5.10 Å². The Bertz CT molecular complexity index is 582. The monoisotopic (exact) mass is 273 g/mol. The van der Waals surface area contributed by atoms with Crippen molar-refractivity contribution in [3.8, 4) is 11.5 Å². The quantitative estimate of drug-likeness (QED) is 0.928. The van der Waals surface area contributed by atoms with E-state index in [0.717, 1.165) is 18.0 Å². The summed E-state index contributed by atoms with van der Waals surface area (Å²) in [6, 6.07) is 6.17. The zero-order valence-corrected chi connectivity index (χ0v) is 12.9. The van der Waals surface area contributed by atoms with Gasteiger partial charge in [-0.3, -0.25) is 4.68 Å². The van der Waals surface area contributed by atoms with Crippen molar-refractivity contribution in [2.45, 2.75) is 39.8 Å². The Morgan fingerprint density at radius 2 is 2.00 bits per heavy atom. The smallest absolute Gasteiger partial charge is 0.165 e. The van der Waals surface area contributed by atoms with Crippen LogP contribution in [0.1, 0.15) is 31.9 Å². The summed E-state index contributed by atoms with van der Waals surface area (Å²) in [5.74, 6) is 1.60. The first-order chi connectivity index (χ1) is 9.33. The van der Waals surface area contributed by atoms with Crippen LogP contribution in [0.4, 0.5) is 0 Å². The summed E-state index contributed by atoms with van der Waals surface area (Å²) in [7, 11) is 1.87. The molecule has 4 heteroatoms. The lowest BCUT2D eigenvalue weighted by Crippen LogP contribution is -2.35. The number of hydrogen-bond acceptors (Lipinski definition) is 3. The van der Waals surface area contributed by atoms with E-state index in [1.54, 1.807) is 10.9 Å². The lowest BCUT2D eigenvalue weighted by molar-refractivity contribution is 0.423. The molecule has 1 N–H and O–H groups in total. The third-order valence-electron chi connectivity index (χ3n) is 3.04. The lowest BCUT2D eigenvalue weighted by atomic mass is 10.1. The predicted octanol–water partition coefficient (Wildman–Crippen LogP) is 3.41. The molecule has 0 unspecified atom stereocenters. The maximum Gasteiger partial charge on any atom is 0.165 e. The second-order valence-corrected chi connectivity index (χ2v) is 6.14. The third kappa shape index (κ3) is 4.10. The number of nitrogens with one attached hydrogen (secondary N) is 1. The largest absolute Gasteiger partial charge is 0.454 e. The van der Waals surface area contributed by atoms with E-state index in [4.69, 9.17) is 4.74 Å². The van der Waals surface area contributed by atoms with Gasteiger partial charge >= 0.3 is 0 Å². The topological polar surface area (TPSA) is 39.1 Å². The van der Waals surface area contributed by atoms with Crippen molar-refractivity contribution in [1.29, 1.82) is 0 Å². The molecule has 2 aromatic rings. The number of nitrogens with zero attached hydrogens (tertiary/aromatic N) is 2. The molecule has 0 saturated heterocycles. The van der Waals surface area contributed by atoms with Crippen LogP contribution in [0.15, 0.2) is 30.6 Å². The molecule has 1 aromatic heterocycles. The van der Waals surface area contributed by atoms with E-state index in [2.05, 4.69) is 50.2 Å². The summed E-state index contributed by atoms with van der Waals surface area (Å²) in [5.41, 5.74) is 2.64. The fraction of sp³-hybridized carbons (Fsp3) is 0.438. The molecule has 0 atom stereocenters. The first-order valence-electron chi connectivity index (χ1n) is 6.84. The highest BCUT2D eigenvalue weighted by Crippen LogP contribution is 2.23.